The largest absolute Gasteiger partial charge is 0.493 e. The van der Waals surface area contributed by atoms with Gasteiger partial charge in [-0.3, -0.25) is 4.79 Å². The molecule has 2 aromatic rings. The van der Waals surface area contributed by atoms with Crippen molar-refractivity contribution < 1.29 is 19.0 Å². The summed E-state index contributed by atoms with van der Waals surface area (Å²) < 4.78 is 15.9. The van der Waals surface area contributed by atoms with Crippen molar-refractivity contribution >= 4 is 5.91 Å². The van der Waals surface area contributed by atoms with Crippen molar-refractivity contribution in [2.45, 2.75) is 12.8 Å². The van der Waals surface area contributed by atoms with Crippen LogP contribution in [0.2, 0.25) is 0 Å². The second kappa shape index (κ2) is 8.24. The second-order valence-electron chi connectivity index (χ2n) is 5.40. The molecule has 0 saturated heterocycles. The third kappa shape index (κ3) is 3.79. The van der Waals surface area contributed by atoms with Crippen LogP contribution in [0.5, 0.6) is 17.2 Å². The average Bonchev–Trinajstić information content (AvgIpc) is 2.64. The first-order chi connectivity index (χ1) is 11.6. The highest BCUT2D eigenvalue weighted by Gasteiger charge is 2.20. The summed E-state index contributed by atoms with van der Waals surface area (Å²) in [6.07, 6.45) is 0. The molecule has 0 heterocycles. The van der Waals surface area contributed by atoms with Gasteiger partial charge in [-0.1, -0.05) is 37.3 Å². The maximum absolute atomic E-state index is 12.5. The van der Waals surface area contributed by atoms with Crippen LogP contribution in [-0.2, 0) is 0 Å². The fourth-order valence-corrected chi connectivity index (χ4v) is 2.52. The zero-order valence-electron chi connectivity index (χ0n) is 14.5. The molecule has 0 aliphatic rings. The molecule has 0 bridgehead atoms. The number of carbonyl (C=O) groups excluding carboxylic acids is 1. The molecule has 0 radical (unpaired) electrons. The first-order valence-corrected chi connectivity index (χ1v) is 7.74. The third-order valence-electron chi connectivity index (χ3n) is 3.89. The molecule has 1 N–H and O–H groups in total. The number of methoxy groups -OCH3 is 3. The summed E-state index contributed by atoms with van der Waals surface area (Å²) in [6.45, 7) is 2.60. The Morgan fingerprint density at radius 2 is 1.62 bits per heavy atom. The van der Waals surface area contributed by atoms with Gasteiger partial charge >= 0.3 is 0 Å². The average molecular weight is 329 g/mol. The molecule has 5 nitrogen and oxygen atoms in total. The number of rotatable bonds is 7. The van der Waals surface area contributed by atoms with Crippen LogP contribution in [0.15, 0.2) is 42.5 Å². The summed E-state index contributed by atoms with van der Waals surface area (Å²) in [4.78, 5) is 12.5. The number of hydrogen-bond acceptors (Lipinski definition) is 4. The lowest BCUT2D eigenvalue weighted by molar-refractivity contribution is 0.0948. The Labute approximate surface area is 142 Å². The molecule has 0 aliphatic heterocycles. The van der Waals surface area contributed by atoms with Gasteiger partial charge in [-0.15, -0.1) is 0 Å². The maximum Gasteiger partial charge on any atom is 0.255 e. The van der Waals surface area contributed by atoms with Gasteiger partial charge in [0.05, 0.1) is 26.9 Å². The molecule has 5 heteroatoms. The van der Waals surface area contributed by atoms with Gasteiger partial charge in [0, 0.05) is 6.54 Å². The van der Waals surface area contributed by atoms with Gasteiger partial charge in [-0.05, 0) is 23.6 Å². The number of benzene rings is 2. The second-order valence-corrected chi connectivity index (χ2v) is 5.40. The van der Waals surface area contributed by atoms with Crippen LogP contribution in [-0.4, -0.2) is 33.8 Å². The van der Waals surface area contributed by atoms with E-state index in [0.717, 1.165) is 0 Å². The Balaban J connectivity index is 2.15. The van der Waals surface area contributed by atoms with Crippen molar-refractivity contribution in [2.75, 3.05) is 27.9 Å². The van der Waals surface area contributed by atoms with E-state index in [-0.39, 0.29) is 11.8 Å². The molecule has 1 unspecified atom stereocenters. The maximum atomic E-state index is 12.5. The number of amides is 1. The summed E-state index contributed by atoms with van der Waals surface area (Å²) in [5.74, 6) is 1.28. The standard InChI is InChI=1S/C19H23NO4/c1-13(14-8-6-5-7-9-14)12-20-19(21)15-10-11-16(22-2)18(24-4)17(15)23-3/h5-11,13H,12H2,1-4H3,(H,20,21). The van der Waals surface area contributed by atoms with Gasteiger partial charge in [-0.25, -0.2) is 0 Å². The predicted molar refractivity (Wildman–Crippen MR) is 93.3 cm³/mol. The van der Waals surface area contributed by atoms with Gasteiger partial charge in [0.1, 0.15) is 0 Å². The van der Waals surface area contributed by atoms with Crippen molar-refractivity contribution in [3.63, 3.8) is 0 Å². The lowest BCUT2D eigenvalue weighted by atomic mass is 10.0. The minimum atomic E-state index is -0.212. The SMILES string of the molecule is COc1ccc(C(=O)NCC(C)c2ccccc2)c(OC)c1OC. The number of ether oxygens (including phenoxy) is 3. The van der Waals surface area contributed by atoms with Crippen molar-refractivity contribution in [3.8, 4) is 17.2 Å². The van der Waals surface area contributed by atoms with E-state index in [9.17, 15) is 4.79 Å². The Bertz CT molecular complexity index is 685. The highest BCUT2D eigenvalue weighted by Crippen LogP contribution is 2.39. The Hall–Kier alpha value is -2.69. The van der Waals surface area contributed by atoms with E-state index in [1.165, 1.54) is 19.8 Å². The van der Waals surface area contributed by atoms with Crippen LogP contribution in [0.1, 0.15) is 28.8 Å². The molecular weight excluding hydrogens is 306 g/mol. The summed E-state index contributed by atoms with van der Waals surface area (Å²) >= 11 is 0. The van der Waals surface area contributed by atoms with E-state index >= 15 is 0 Å². The van der Waals surface area contributed by atoms with E-state index in [2.05, 4.69) is 12.2 Å². The quantitative estimate of drug-likeness (QED) is 0.847. The zero-order chi connectivity index (χ0) is 17.5. The van der Waals surface area contributed by atoms with Crippen molar-refractivity contribution in [1.29, 1.82) is 0 Å². The minimum absolute atomic E-state index is 0.210. The monoisotopic (exact) mass is 329 g/mol. The molecule has 2 rings (SSSR count). The van der Waals surface area contributed by atoms with Crippen molar-refractivity contribution in [1.82, 2.24) is 5.32 Å². The van der Waals surface area contributed by atoms with Crippen LogP contribution < -0.4 is 19.5 Å². The smallest absolute Gasteiger partial charge is 0.255 e. The predicted octanol–water partition coefficient (Wildman–Crippen LogP) is 3.25. The molecule has 0 fully saturated rings. The topological polar surface area (TPSA) is 56.8 Å². The molecule has 2 aromatic carbocycles. The van der Waals surface area contributed by atoms with Crippen LogP contribution in [0.25, 0.3) is 0 Å². The lowest BCUT2D eigenvalue weighted by Gasteiger charge is -2.17. The molecule has 24 heavy (non-hydrogen) atoms. The van der Waals surface area contributed by atoms with E-state index in [0.29, 0.717) is 29.4 Å². The van der Waals surface area contributed by atoms with E-state index in [1.54, 1.807) is 19.2 Å². The van der Waals surface area contributed by atoms with Gasteiger partial charge in [0.2, 0.25) is 5.75 Å². The highest BCUT2D eigenvalue weighted by atomic mass is 16.5. The van der Waals surface area contributed by atoms with Gasteiger partial charge in [-0.2, -0.15) is 0 Å². The fraction of sp³-hybridized carbons (Fsp3) is 0.316. The fourth-order valence-electron chi connectivity index (χ4n) is 2.52. The molecular formula is C19H23NO4. The van der Waals surface area contributed by atoms with Gasteiger partial charge < -0.3 is 19.5 Å². The Morgan fingerprint density at radius 1 is 0.958 bits per heavy atom. The van der Waals surface area contributed by atoms with E-state index in [4.69, 9.17) is 14.2 Å². The van der Waals surface area contributed by atoms with Crippen molar-refractivity contribution in [2.24, 2.45) is 0 Å². The normalized spacial score (nSPS) is 11.5. The van der Waals surface area contributed by atoms with Crippen LogP contribution in [0, 0.1) is 0 Å². The molecule has 0 spiro atoms. The van der Waals surface area contributed by atoms with Gasteiger partial charge in [0.15, 0.2) is 11.5 Å². The third-order valence-corrected chi connectivity index (χ3v) is 3.89. The molecule has 0 aliphatic carbocycles. The summed E-state index contributed by atoms with van der Waals surface area (Å²) in [5.41, 5.74) is 1.59. The minimum Gasteiger partial charge on any atom is -0.493 e. The first kappa shape index (κ1) is 17.7. The molecule has 0 aromatic heterocycles. The number of nitrogens with one attached hydrogen (secondary N) is 1. The number of hydrogen-bond donors (Lipinski definition) is 1. The molecule has 1 atom stereocenters. The molecule has 0 saturated carbocycles. The van der Waals surface area contributed by atoms with Crippen LogP contribution in [0.4, 0.5) is 0 Å². The first-order valence-electron chi connectivity index (χ1n) is 7.74. The summed E-state index contributed by atoms with van der Waals surface area (Å²) in [7, 11) is 4.55. The highest BCUT2D eigenvalue weighted by molar-refractivity contribution is 5.98. The summed E-state index contributed by atoms with van der Waals surface area (Å²) in [6, 6.07) is 13.4. The summed E-state index contributed by atoms with van der Waals surface area (Å²) in [5, 5.41) is 2.95. The lowest BCUT2D eigenvalue weighted by Crippen LogP contribution is -2.28. The van der Waals surface area contributed by atoms with E-state index < -0.39 is 0 Å². The van der Waals surface area contributed by atoms with E-state index in [1.807, 2.05) is 30.3 Å². The Kier molecular flexibility index (Phi) is 6.07. The van der Waals surface area contributed by atoms with Gasteiger partial charge in [0.25, 0.3) is 5.91 Å². The van der Waals surface area contributed by atoms with Crippen LogP contribution in [0.3, 0.4) is 0 Å². The number of carbonyl (C=O) groups is 1. The molecule has 128 valence electrons. The van der Waals surface area contributed by atoms with Crippen molar-refractivity contribution in [3.05, 3.63) is 53.6 Å². The zero-order valence-corrected chi connectivity index (χ0v) is 14.5. The van der Waals surface area contributed by atoms with Crippen LogP contribution >= 0.6 is 0 Å². The molecule has 1 amide bonds. The Morgan fingerprint density at radius 3 is 2.21 bits per heavy atom.